The predicted molar refractivity (Wildman–Crippen MR) is 226 cm³/mol. The number of aliphatic carboxylic acids is 1. The zero-order chi connectivity index (χ0) is 43.8. The van der Waals surface area contributed by atoms with Crippen LogP contribution in [0.2, 0.25) is 0 Å². The van der Waals surface area contributed by atoms with Crippen molar-refractivity contribution < 1.29 is 47.0 Å². The Morgan fingerprint density at radius 1 is 0.754 bits per heavy atom. The minimum Gasteiger partial charge on any atom is -0.475 e. The Hall–Kier alpha value is -5.48. The van der Waals surface area contributed by atoms with Gasteiger partial charge in [-0.05, 0) is 105 Å². The maximum absolute atomic E-state index is 14.0. The van der Waals surface area contributed by atoms with Gasteiger partial charge in [-0.1, -0.05) is 93.1 Å². The van der Waals surface area contributed by atoms with Crippen molar-refractivity contribution in [3.8, 4) is 11.1 Å². The molecule has 1 heterocycles. The van der Waals surface area contributed by atoms with E-state index in [4.69, 9.17) is 20.4 Å². The molecule has 0 unspecified atom stereocenters. The summed E-state index contributed by atoms with van der Waals surface area (Å²) in [7, 11) is 0. The fourth-order valence-electron chi connectivity index (χ4n) is 8.23. The van der Waals surface area contributed by atoms with Crippen molar-refractivity contribution in [2.75, 3.05) is 43.4 Å². The number of piperidine rings is 1. The number of alkyl carbamates (subject to hydrolysis) is 1. The number of carbonyl (C=O) groups is 5. The van der Waals surface area contributed by atoms with Crippen LogP contribution < -0.4 is 27.0 Å². The molecule has 0 bridgehead atoms. The number of hydrogen-bond donors (Lipinski definition) is 6. The normalized spacial score (nSPS) is 16.4. The fourth-order valence-corrected chi connectivity index (χ4v) is 8.23. The minimum absolute atomic E-state index is 0.0970. The highest BCUT2D eigenvalue weighted by Crippen LogP contribution is 2.44. The molecule has 3 aliphatic rings. The largest absolute Gasteiger partial charge is 0.490 e. The number of carboxylic acids is 1. The van der Waals surface area contributed by atoms with Crippen LogP contribution >= 0.6 is 0 Å². The number of carboxylic acid groups (broad SMARTS) is 1. The number of alkyl halides is 3. The summed E-state index contributed by atoms with van der Waals surface area (Å²) in [6.07, 6.45) is 5.15. The molecule has 0 spiro atoms. The molecule has 0 radical (unpaired) electrons. The molecule has 7 N–H and O–H groups in total. The molecule has 2 fully saturated rings. The van der Waals surface area contributed by atoms with E-state index in [9.17, 15) is 32.3 Å². The standard InChI is InChI=1S/C43H56N6O5.C2HF3O2/c44-23-10-9-22-38(41(51)46-32-17-13-16-31(27-32)45-40(50)28-49-24-11-2-12-25-49)47-42(52)39(26-30-14-3-1-4-15-30)48-43(53)54-29-37-35-20-7-5-18-33(35)34-19-6-8-21-36(34)37;3-2(4,5)1(6)7/h5-8,13,16-21,27,30,37-39H,1-4,9-12,14-15,22-26,28-29,44H2,(H,45,50)(H,46,51)(H,47,52)(H,48,53);(H,6,7)/t38-,39-;/m0./s1. The van der Waals surface area contributed by atoms with E-state index in [1.807, 2.05) is 24.3 Å². The van der Waals surface area contributed by atoms with Gasteiger partial charge in [0.15, 0.2) is 0 Å². The smallest absolute Gasteiger partial charge is 0.475 e. The molecule has 1 aliphatic heterocycles. The van der Waals surface area contributed by atoms with Crippen LogP contribution in [0.4, 0.5) is 29.3 Å². The highest BCUT2D eigenvalue weighted by molar-refractivity contribution is 5.99. The van der Waals surface area contributed by atoms with E-state index in [1.165, 1.54) is 12.8 Å². The highest BCUT2D eigenvalue weighted by Gasteiger charge is 2.38. The first kappa shape index (κ1) is 46.6. The Kier molecular flexibility index (Phi) is 17.5. The first-order valence-corrected chi connectivity index (χ1v) is 21.2. The van der Waals surface area contributed by atoms with Gasteiger partial charge in [0.25, 0.3) is 0 Å². The average molecular weight is 851 g/mol. The lowest BCUT2D eigenvalue weighted by Crippen LogP contribution is -2.53. The van der Waals surface area contributed by atoms with Gasteiger partial charge in [0.1, 0.15) is 18.7 Å². The predicted octanol–water partition coefficient (Wildman–Crippen LogP) is 7.17. The number of benzene rings is 3. The lowest BCUT2D eigenvalue weighted by atomic mass is 9.84. The van der Waals surface area contributed by atoms with Crippen molar-refractivity contribution in [1.82, 2.24) is 15.5 Å². The number of anilines is 2. The molecule has 13 nitrogen and oxygen atoms in total. The molecule has 2 aliphatic carbocycles. The summed E-state index contributed by atoms with van der Waals surface area (Å²) >= 11 is 0. The molecule has 1 saturated heterocycles. The summed E-state index contributed by atoms with van der Waals surface area (Å²) in [6.45, 7) is 2.78. The van der Waals surface area contributed by atoms with E-state index in [-0.39, 0.29) is 30.3 Å². The second-order valence-electron chi connectivity index (χ2n) is 15.9. The number of hydrogen-bond acceptors (Lipinski definition) is 8. The van der Waals surface area contributed by atoms with Crippen LogP contribution in [0.3, 0.4) is 0 Å². The van der Waals surface area contributed by atoms with Crippen LogP contribution in [-0.4, -0.2) is 90.8 Å². The number of nitrogens with one attached hydrogen (secondary N) is 4. The third-order valence-electron chi connectivity index (χ3n) is 11.3. The summed E-state index contributed by atoms with van der Waals surface area (Å²) in [5, 5.41) is 18.9. The van der Waals surface area contributed by atoms with Gasteiger partial charge in [0.2, 0.25) is 17.7 Å². The Morgan fingerprint density at radius 3 is 1.95 bits per heavy atom. The van der Waals surface area contributed by atoms with Crippen molar-refractivity contribution in [2.24, 2.45) is 11.7 Å². The van der Waals surface area contributed by atoms with Crippen molar-refractivity contribution in [3.05, 3.63) is 83.9 Å². The summed E-state index contributed by atoms with van der Waals surface area (Å²) < 4.78 is 37.6. The molecule has 1 saturated carbocycles. The van der Waals surface area contributed by atoms with Crippen LogP contribution in [0.15, 0.2) is 72.8 Å². The van der Waals surface area contributed by atoms with Crippen molar-refractivity contribution in [2.45, 2.75) is 101 Å². The number of unbranched alkanes of at least 4 members (excludes halogenated alkanes) is 1. The molecule has 3 aromatic rings. The first-order valence-electron chi connectivity index (χ1n) is 21.2. The minimum atomic E-state index is -5.08. The third-order valence-corrected chi connectivity index (χ3v) is 11.3. The molecule has 2 atom stereocenters. The second-order valence-corrected chi connectivity index (χ2v) is 15.9. The highest BCUT2D eigenvalue weighted by atomic mass is 19.4. The number of amides is 4. The number of halogens is 3. The van der Waals surface area contributed by atoms with Crippen LogP contribution in [-0.2, 0) is 23.9 Å². The Bertz CT molecular complexity index is 1910. The lowest BCUT2D eigenvalue weighted by molar-refractivity contribution is -0.192. The number of nitrogens with two attached hydrogens (primary N) is 1. The van der Waals surface area contributed by atoms with Crippen molar-refractivity contribution in [3.63, 3.8) is 0 Å². The number of ether oxygens (including phenoxy) is 1. The molecular formula is C45H57F3N6O7. The number of rotatable bonds is 16. The molecule has 330 valence electrons. The number of fused-ring (bicyclic) bond motifs is 3. The van der Waals surface area contributed by atoms with Crippen molar-refractivity contribution in [1.29, 1.82) is 0 Å². The lowest BCUT2D eigenvalue weighted by Gasteiger charge is -2.28. The molecule has 0 aromatic heterocycles. The van der Waals surface area contributed by atoms with E-state index < -0.39 is 36.2 Å². The molecular weight excluding hydrogens is 794 g/mol. The van der Waals surface area contributed by atoms with E-state index >= 15 is 0 Å². The monoisotopic (exact) mass is 850 g/mol. The van der Waals surface area contributed by atoms with E-state index in [0.717, 1.165) is 73.9 Å². The van der Waals surface area contributed by atoms with Gasteiger partial charge in [-0.2, -0.15) is 13.2 Å². The van der Waals surface area contributed by atoms with Gasteiger partial charge in [-0.3, -0.25) is 19.3 Å². The maximum atomic E-state index is 14.0. The molecule has 61 heavy (non-hydrogen) atoms. The van der Waals surface area contributed by atoms with Gasteiger partial charge < -0.3 is 36.8 Å². The third kappa shape index (κ3) is 14.3. The first-order chi connectivity index (χ1) is 29.3. The zero-order valence-corrected chi connectivity index (χ0v) is 34.3. The Labute approximate surface area is 354 Å². The molecule has 3 aromatic carbocycles. The van der Waals surface area contributed by atoms with Gasteiger partial charge in [-0.25, -0.2) is 9.59 Å². The molecule has 6 rings (SSSR count). The number of nitrogens with zero attached hydrogens (tertiary/aromatic N) is 1. The van der Waals surface area contributed by atoms with E-state index in [1.54, 1.807) is 24.3 Å². The van der Waals surface area contributed by atoms with E-state index in [0.29, 0.717) is 50.1 Å². The zero-order valence-electron chi connectivity index (χ0n) is 34.3. The second kappa shape index (κ2) is 22.9. The van der Waals surface area contributed by atoms with Crippen molar-refractivity contribution >= 4 is 41.2 Å². The Morgan fingerprint density at radius 2 is 1.34 bits per heavy atom. The van der Waals surface area contributed by atoms with Gasteiger partial charge in [-0.15, -0.1) is 0 Å². The molecule has 16 heteroatoms. The van der Waals surface area contributed by atoms with Gasteiger partial charge >= 0.3 is 18.2 Å². The van der Waals surface area contributed by atoms with E-state index in [2.05, 4.69) is 50.4 Å². The van der Waals surface area contributed by atoms with Crippen LogP contribution in [0, 0.1) is 5.92 Å². The summed E-state index contributed by atoms with van der Waals surface area (Å²) in [6, 6.07) is 21.6. The van der Waals surface area contributed by atoms with Crippen LogP contribution in [0.1, 0.15) is 94.1 Å². The van der Waals surface area contributed by atoms with Crippen LogP contribution in [0.25, 0.3) is 11.1 Å². The van der Waals surface area contributed by atoms with Gasteiger partial charge in [0, 0.05) is 17.3 Å². The maximum Gasteiger partial charge on any atom is 0.490 e. The quantitative estimate of drug-likeness (QED) is 0.0811. The number of likely N-dealkylation sites (tertiary alicyclic amines) is 1. The number of carbonyl (C=O) groups excluding carboxylic acids is 4. The summed E-state index contributed by atoms with van der Waals surface area (Å²) in [5.41, 5.74) is 11.4. The summed E-state index contributed by atoms with van der Waals surface area (Å²) in [4.78, 5) is 65.0. The fraction of sp³-hybridized carbons (Fsp3) is 0.489. The van der Waals surface area contributed by atoms with Gasteiger partial charge in [0.05, 0.1) is 6.54 Å². The topological polar surface area (TPSA) is 192 Å². The molecule has 4 amide bonds. The SMILES string of the molecule is NCCCC[C@H](NC(=O)[C@H](CC1CCCCC1)NC(=O)OCC1c2ccccc2-c2ccccc21)C(=O)Nc1cccc(NC(=O)CN2CCCCC2)c1.O=C(O)C(F)(F)F. The van der Waals surface area contributed by atoms with Crippen LogP contribution in [0.5, 0.6) is 0 Å². The Balaban J connectivity index is 0.000000925. The average Bonchev–Trinajstić information content (AvgIpc) is 3.56. The summed E-state index contributed by atoms with van der Waals surface area (Å²) in [5.74, 6) is -3.48.